The van der Waals surface area contributed by atoms with Crippen LogP contribution in [0.3, 0.4) is 0 Å². The van der Waals surface area contributed by atoms with E-state index in [1.807, 2.05) is 0 Å². The molecule has 17 heavy (non-hydrogen) atoms. The van der Waals surface area contributed by atoms with Crippen LogP contribution in [0.2, 0.25) is 0 Å². The summed E-state index contributed by atoms with van der Waals surface area (Å²) in [7, 11) is 0. The first-order chi connectivity index (χ1) is 8.17. The van der Waals surface area contributed by atoms with E-state index in [2.05, 4.69) is 19.9 Å². The van der Waals surface area contributed by atoms with E-state index in [4.69, 9.17) is 16.6 Å². The van der Waals surface area contributed by atoms with Crippen molar-refractivity contribution in [1.29, 1.82) is 0 Å². The molecule has 2 heterocycles. The first-order valence-electron chi connectivity index (χ1n) is 4.67. The second kappa shape index (κ2) is 4.93. The minimum Gasteiger partial charge on any atom is -0.392 e. The Morgan fingerprint density at radius 3 is 2.18 bits per heavy atom. The first-order valence-corrected chi connectivity index (χ1v) is 5.48. The second-order valence-corrected chi connectivity index (χ2v) is 4.07. The van der Waals surface area contributed by atoms with Gasteiger partial charge in [-0.2, -0.15) is 0 Å². The van der Waals surface area contributed by atoms with Crippen LogP contribution >= 0.6 is 11.8 Å². The molecule has 2 aromatic rings. The van der Waals surface area contributed by atoms with Crippen molar-refractivity contribution in [2.24, 2.45) is 0 Å². The average molecular weight is 250 g/mol. The molecule has 0 aliphatic rings. The molecule has 0 spiro atoms. The van der Waals surface area contributed by atoms with Gasteiger partial charge in [-0.15, -0.1) is 0 Å². The second-order valence-electron chi connectivity index (χ2n) is 3.13. The number of rotatable bonds is 3. The minimum atomic E-state index is -0.0906. The lowest BCUT2D eigenvalue weighted by Gasteiger charge is -2.01. The summed E-state index contributed by atoms with van der Waals surface area (Å²) in [6.45, 7) is -0.0906. The summed E-state index contributed by atoms with van der Waals surface area (Å²) in [6, 6.07) is 1.47. The molecule has 0 radical (unpaired) electrons. The van der Waals surface area contributed by atoms with Gasteiger partial charge in [0.25, 0.3) is 0 Å². The molecule has 0 atom stereocenters. The van der Waals surface area contributed by atoms with Crippen LogP contribution in [0.15, 0.2) is 28.8 Å². The van der Waals surface area contributed by atoms with Gasteiger partial charge in [0.2, 0.25) is 0 Å². The minimum absolute atomic E-state index is 0.0906. The van der Waals surface area contributed by atoms with E-state index in [1.165, 1.54) is 18.5 Å². The van der Waals surface area contributed by atoms with E-state index in [1.54, 1.807) is 0 Å². The molecule has 0 saturated heterocycles. The van der Waals surface area contributed by atoms with Crippen LogP contribution in [0.4, 0.5) is 11.6 Å². The smallest absolute Gasteiger partial charge is 0.199 e. The largest absolute Gasteiger partial charge is 0.392 e. The molecule has 5 N–H and O–H groups in total. The number of aliphatic hydroxyl groups excluding tert-OH is 1. The van der Waals surface area contributed by atoms with Crippen molar-refractivity contribution < 1.29 is 5.11 Å². The molecule has 2 rings (SSSR count). The van der Waals surface area contributed by atoms with Gasteiger partial charge < -0.3 is 16.6 Å². The fourth-order valence-electron chi connectivity index (χ4n) is 1.07. The van der Waals surface area contributed by atoms with Crippen molar-refractivity contribution in [3.63, 3.8) is 0 Å². The van der Waals surface area contributed by atoms with Gasteiger partial charge >= 0.3 is 0 Å². The lowest BCUT2D eigenvalue weighted by molar-refractivity contribution is 0.280. The number of hydrogen-bond donors (Lipinski definition) is 3. The Morgan fingerprint density at radius 1 is 1.06 bits per heavy atom. The molecule has 0 amide bonds. The van der Waals surface area contributed by atoms with Gasteiger partial charge in [-0.25, -0.2) is 19.9 Å². The summed E-state index contributed by atoms with van der Waals surface area (Å²) in [5, 5.41) is 9.70. The highest BCUT2D eigenvalue weighted by atomic mass is 32.2. The van der Waals surface area contributed by atoms with Crippen LogP contribution in [0.25, 0.3) is 0 Å². The first kappa shape index (κ1) is 11.6. The standard InChI is InChI=1S/C9H10N6OS/c10-6-1-7(11)15-9(14-6)17-8-12-2-5(4-16)3-13-8/h1-3,16H,4H2,(H4,10,11,14,15). The molecule has 0 bridgehead atoms. The molecule has 8 heteroatoms. The van der Waals surface area contributed by atoms with Crippen LogP contribution in [-0.2, 0) is 6.61 Å². The van der Waals surface area contributed by atoms with Gasteiger partial charge in [0.05, 0.1) is 6.61 Å². The number of aromatic nitrogens is 4. The van der Waals surface area contributed by atoms with Crippen LogP contribution in [0, 0.1) is 0 Å². The van der Waals surface area contributed by atoms with E-state index in [0.29, 0.717) is 27.5 Å². The number of nitrogens with zero attached hydrogens (tertiary/aromatic N) is 4. The topological polar surface area (TPSA) is 124 Å². The van der Waals surface area contributed by atoms with Gasteiger partial charge in [-0.1, -0.05) is 0 Å². The molecule has 7 nitrogen and oxygen atoms in total. The van der Waals surface area contributed by atoms with E-state index < -0.39 is 0 Å². The number of anilines is 2. The lowest BCUT2D eigenvalue weighted by Crippen LogP contribution is -1.99. The number of aliphatic hydroxyl groups is 1. The van der Waals surface area contributed by atoms with Crippen LogP contribution < -0.4 is 11.5 Å². The van der Waals surface area contributed by atoms with Crippen LogP contribution in [0.5, 0.6) is 0 Å². The van der Waals surface area contributed by atoms with E-state index in [-0.39, 0.29) is 6.61 Å². The van der Waals surface area contributed by atoms with E-state index >= 15 is 0 Å². The Labute approximate surface area is 101 Å². The zero-order chi connectivity index (χ0) is 12.3. The summed E-state index contributed by atoms with van der Waals surface area (Å²) in [4.78, 5) is 16.1. The third-order valence-corrected chi connectivity index (χ3v) is 2.55. The quantitative estimate of drug-likeness (QED) is 0.654. The maximum Gasteiger partial charge on any atom is 0.199 e. The Kier molecular flexibility index (Phi) is 3.35. The highest BCUT2D eigenvalue weighted by Gasteiger charge is 2.05. The van der Waals surface area contributed by atoms with Crippen molar-refractivity contribution in [3.05, 3.63) is 24.0 Å². The SMILES string of the molecule is Nc1cc(N)nc(Sc2ncc(CO)cn2)n1. The molecule has 0 unspecified atom stereocenters. The maximum atomic E-state index is 8.85. The van der Waals surface area contributed by atoms with Gasteiger partial charge in [0.1, 0.15) is 11.6 Å². The zero-order valence-electron chi connectivity index (χ0n) is 8.74. The average Bonchev–Trinajstić information content (AvgIpc) is 2.28. The Balaban J connectivity index is 2.19. The highest BCUT2D eigenvalue weighted by molar-refractivity contribution is 7.99. The fourth-order valence-corrected chi connectivity index (χ4v) is 1.74. The Bertz CT molecular complexity index is 497. The summed E-state index contributed by atoms with van der Waals surface area (Å²) >= 11 is 1.15. The molecular formula is C9H10N6OS. The predicted octanol–water partition coefficient (Wildman–Crippen LogP) is 0.0745. The molecule has 0 aromatic carbocycles. The molecule has 0 aliphatic carbocycles. The fraction of sp³-hybridized carbons (Fsp3) is 0.111. The highest BCUT2D eigenvalue weighted by Crippen LogP contribution is 2.22. The van der Waals surface area contributed by atoms with Crippen molar-refractivity contribution in [2.45, 2.75) is 16.9 Å². The van der Waals surface area contributed by atoms with Crippen molar-refractivity contribution in [3.8, 4) is 0 Å². The lowest BCUT2D eigenvalue weighted by atomic mass is 10.4. The number of hydrogen-bond acceptors (Lipinski definition) is 8. The molecule has 0 saturated carbocycles. The van der Waals surface area contributed by atoms with E-state index in [0.717, 1.165) is 11.8 Å². The monoisotopic (exact) mass is 250 g/mol. The summed E-state index contributed by atoms with van der Waals surface area (Å²) in [5.41, 5.74) is 11.7. The number of nitrogen functional groups attached to an aromatic ring is 2. The van der Waals surface area contributed by atoms with Crippen LogP contribution in [-0.4, -0.2) is 25.0 Å². The third-order valence-electron chi connectivity index (χ3n) is 1.79. The van der Waals surface area contributed by atoms with Gasteiger partial charge in [-0.3, -0.25) is 0 Å². The molecular weight excluding hydrogens is 240 g/mol. The van der Waals surface area contributed by atoms with Crippen molar-refractivity contribution in [2.75, 3.05) is 11.5 Å². The predicted molar refractivity (Wildman–Crippen MR) is 62.9 cm³/mol. The maximum absolute atomic E-state index is 8.85. The van der Waals surface area contributed by atoms with Gasteiger partial charge in [0.15, 0.2) is 10.3 Å². The summed E-state index contributed by atoms with van der Waals surface area (Å²) < 4.78 is 0. The van der Waals surface area contributed by atoms with Gasteiger partial charge in [-0.05, 0) is 11.8 Å². The molecule has 0 aliphatic heterocycles. The van der Waals surface area contributed by atoms with E-state index in [9.17, 15) is 0 Å². The third kappa shape index (κ3) is 3.02. The Hall–Kier alpha value is -1.93. The molecule has 0 fully saturated rings. The normalized spacial score (nSPS) is 10.4. The Morgan fingerprint density at radius 2 is 1.65 bits per heavy atom. The summed E-state index contributed by atoms with van der Waals surface area (Å²) in [6.07, 6.45) is 3.07. The molecule has 88 valence electrons. The van der Waals surface area contributed by atoms with Crippen molar-refractivity contribution in [1.82, 2.24) is 19.9 Å². The zero-order valence-corrected chi connectivity index (χ0v) is 9.55. The van der Waals surface area contributed by atoms with Crippen molar-refractivity contribution >= 4 is 23.4 Å². The van der Waals surface area contributed by atoms with Gasteiger partial charge in [0, 0.05) is 24.0 Å². The molecule has 2 aromatic heterocycles. The number of nitrogens with two attached hydrogens (primary N) is 2. The van der Waals surface area contributed by atoms with Crippen LogP contribution in [0.1, 0.15) is 5.56 Å². The summed E-state index contributed by atoms with van der Waals surface area (Å²) in [5.74, 6) is 0.596.